The van der Waals surface area contributed by atoms with Gasteiger partial charge in [0.25, 0.3) is 5.91 Å². The van der Waals surface area contributed by atoms with Crippen molar-refractivity contribution < 1.29 is 4.79 Å². The van der Waals surface area contributed by atoms with Crippen LogP contribution in [0, 0.1) is 0 Å². The molecule has 0 unspecified atom stereocenters. The second kappa shape index (κ2) is 14.0. The molecule has 2 heterocycles. The van der Waals surface area contributed by atoms with Crippen molar-refractivity contribution in [1.29, 1.82) is 0 Å². The van der Waals surface area contributed by atoms with E-state index in [2.05, 4.69) is 163 Å². The number of benzene rings is 5. The largest absolute Gasteiger partial charge is 0.294 e. The Morgan fingerprint density at radius 1 is 0.706 bits per heavy atom. The van der Waals surface area contributed by atoms with Gasteiger partial charge in [-0.05, 0) is 52.6 Å². The summed E-state index contributed by atoms with van der Waals surface area (Å²) in [4.78, 5) is 20.9. The molecule has 1 aliphatic carbocycles. The van der Waals surface area contributed by atoms with E-state index in [0.717, 1.165) is 95.6 Å². The summed E-state index contributed by atoms with van der Waals surface area (Å²) in [5.74, 6) is 1.93. The van der Waals surface area contributed by atoms with Crippen LogP contribution < -0.4 is 11.1 Å². The molecule has 5 aromatic rings. The second-order valence-electron chi connectivity index (χ2n) is 13.8. The molecule has 8 rings (SSSR count). The number of unbranched alkanes of at least 4 members (excludes halogenated alkanes) is 1. The minimum atomic E-state index is -0.765. The summed E-state index contributed by atoms with van der Waals surface area (Å²) in [6.45, 7) is 2.74. The summed E-state index contributed by atoms with van der Waals surface area (Å²) < 4.78 is 0. The minimum Gasteiger partial charge on any atom is -0.294 e. The van der Waals surface area contributed by atoms with Crippen LogP contribution in [0.3, 0.4) is 0 Å². The van der Waals surface area contributed by atoms with E-state index in [0.29, 0.717) is 6.54 Å². The van der Waals surface area contributed by atoms with Crippen LogP contribution in [0.4, 0.5) is 0 Å². The van der Waals surface area contributed by atoms with Crippen LogP contribution in [-0.4, -0.2) is 33.0 Å². The van der Waals surface area contributed by atoms with Crippen LogP contribution in [0.1, 0.15) is 79.7 Å². The van der Waals surface area contributed by atoms with Gasteiger partial charge >= 0.3 is 0 Å². The summed E-state index contributed by atoms with van der Waals surface area (Å²) in [5.41, 5.74) is 12.8. The molecule has 256 valence electrons. The number of hydrazone groups is 1. The number of hydrogen-bond acceptors (Lipinski definition) is 6. The number of hydrazine groups is 2. The van der Waals surface area contributed by atoms with Gasteiger partial charge in [0.15, 0.2) is 5.84 Å². The molecular formula is C44H44N6O. The smallest absolute Gasteiger partial charge is 0.256 e. The van der Waals surface area contributed by atoms with Crippen LogP contribution in [0.5, 0.6) is 0 Å². The molecule has 1 amide bonds. The topological polar surface area (TPSA) is 72.3 Å². The van der Waals surface area contributed by atoms with Crippen molar-refractivity contribution in [3.63, 3.8) is 0 Å². The van der Waals surface area contributed by atoms with Gasteiger partial charge in [-0.3, -0.25) is 19.7 Å². The number of aliphatic imine (C=N–C) groups is 1. The summed E-state index contributed by atoms with van der Waals surface area (Å²) in [6.07, 6.45) is 6.88. The average Bonchev–Trinajstić information content (AvgIpc) is 3.94. The third-order valence-corrected chi connectivity index (χ3v) is 10.7. The number of carbonyl (C=O) groups is 1. The summed E-state index contributed by atoms with van der Waals surface area (Å²) in [7, 11) is 0. The van der Waals surface area contributed by atoms with Crippen molar-refractivity contribution in [1.82, 2.24) is 21.0 Å². The van der Waals surface area contributed by atoms with E-state index in [4.69, 9.17) is 10.1 Å². The van der Waals surface area contributed by atoms with Crippen LogP contribution >= 0.6 is 0 Å². The van der Waals surface area contributed by atoms with Crippen LogP contribution in [-0.2, 0) is 16.9 Å². The number of nitrogens with one attached hydrogen (secondary N) is 2. The Hall–Kier alpha value is -5.53. The van der Waals surface area contributed by atoms with Crippen molar-refractivity contribution in [2.24, 2.45) is 10.1 Å². The highest BCUT2D eigenvalue weighted by Crippen LogP contribution is 2.44. The van der Waals surface area contributed by atoms with Gasteiger partial charge < -0.3 is 0 Å². The van der Waals surface area contributed by atoms with Gasteiger partial charge in [-0.25, -0.2) is 5.53 Å². The lowest BCUT2D eigenvalue weighted by atomic mass is 9.76. The lowest BCUT2D eigenvalue weighted by Gasteiger charge is -2.44. The number of amidine groups is 2. The van der Waals surface area contributed by atoms with Gasteiger partial charge in [0, 0.05) is 12.0 Å². The number of nitrogens with zero attached hydrogens (tertiary/aromatic N) is 4. The third kappa shape index (κ3) is 5.81. The Balaban J connectivity index is 1.15. The monoisotopic (exact) mass is 672 g/mol. The first-order valence-electron chi connectivity index (χ1n) is 18.3. The molecule has 7 heteroatoms. The van der Waals surface area contributed by atoms with Crippen molar-refractivity contribution in [3.05, 3.63) is 167 Å². The second-order valence-corrected chi connectivity index (χ2v) is 13.8. The van der Waals surface area contributed by atoms with Crippen molar-refractivity contribution in [2.75, 3.05) is 0 Å². The highest BCUT2D eigenvalue weighted by atomic mass is 16.2. The number of amides is 1. The molecule has 2 aliphatic heterocycles. The van der Waals surface area contributed by atoms with E-state index in [1.807, 2.05) is 4.90 Å². The van der Waals surface area contributed by atoms with E-state index in [1.54, 1.807) is 0 Å². The minimum absolute atomic E-state index is 0.193. The molecule has 2 N–H and O–H groups in total. The summed E-state index contributed by atoms with van der Waals surface area (Å²) >= 11 is 0. The van der Waals surface area contributed by atoms with E-state index in [9.17, 15) is 4.79 Å². The number of hydrogen-bond donors (Lipinski definition) is 2. The zero-order valence-electron chi connectivity index (χ0n) is 29.1. The van der Waals surface area contributed by atoms with Crippen molar-refractivity contribution in [3.8, 4) is 11.1 Å². The molecule has 3 aliphatic rings. The van der Waals surface area contributed by atoms with Gasteiger partial charge in [-0.1, -0.05) is 166 Å². The fourth-order valence-corrected chi connectivity index (χ4v) is 8.18. The molecule has 1 spiro atoms. The molecule has 0 aromatic heterocycles. The molecule has 0 bridgehead atoms. The molecule has 7 nitrogen and oxygen atoms in total. The molecule has 0 atom stereocenters. The van der Waals surface area contributed by atoms with Gasteiger partial charge in [0.2, 0.25) is 0 Å². The lowest BCUT2D eigenvalue weighted by molar-refractivity contribution is -0.131. The third-order valence-electron chi connectivity index (χ3n) is 10.7. The molecular weight excluding hydrogens is 629 g/mol. The van der Waals surface area contributed by atoms with Gasteiger partial charge in [0.1, 0.15) is 16.9 Å². The molecule has 5 aromatic carbocycles. The van der Waals surface area contributed by atoms with Gasteiger partial charge in [-0.15, -0.1) is 10.6 Å². The molecule has 1 saturated carbocycles. The van der Waals surface area contributed by atoms with E-state index >= 15 is 0 Å². The first-order valence-corrected chi connectivity index (χ1v) is 18.3. The maximum Gasteiger partial charge on any atom is 0.256 e. The fraction of sp³-hybridized carbons (Fsp3) is 0.250. The Morgan fingerprint density at radius 2 is 1.25 bits per heavy atom. The highest BCUT2D eigenvalue weighted by molar-refractivity contribution is 6.08. The first-order chi connectivity index (χ1) is 25.1. The molecule has 0 saturated heterocycles. The average molecular weight is 673 g/mol. The Morgan fingerprint density at radius 3 is 1.82 bits per heavy atom. The maximum atomic E-state index is 13.8. The molecule has 1 fully saturated rings. The van der Waals surface area contributed by atoms with Crippen molar-refractivity contribution >= 4 is 17.6 Å². The highest BCUT2D eigenvalue weighted by Gasteiger charge is 2.49. The lowest BCUT2D eigenvalue weighted by Crippen LogP contribution is -2.56. The predicted octanol–water partition coefficient (Wildman–Crippen LogP) is 8.58. The Bertz CT molecular complexity index is 1940. The molecule has 51 heavy (non-hydrogen) atoms. The van der Waals surface area contributed by atoms with Crippen LogP contribution in [0.25, 0.3) is 11.1 Å². The molecule has 0 radical (unpaired) electrons. The van der Waals surface area contributed by atoms with Gasteiger partial charge in [0.05, 0.1) is 6.54 Å². The van der Waals surface area contributed by atoms with E-state index in [-0.39, 0.29) is 5.91 Å². The quantitative estimate of drug-likeness (QED) is 0.138. The standard InChI is InChI=1S/C44H44N6O/c1-2-3-25-40-45-43(30-15-16-31-43)42(51)49(40)32-33-26-28-34(29-27-33)38-23-13-14-24-39(38)41-46-47-48-50(41)44(35-17-7-4-8-18-35,36-19-9-5-10-20-36)37-21-11-6-12-22-37/h4-14,17-24,26-29,47-48H,2-3,15-16,25,30-32H2,1H3. The van der Waals surface area contributed by atoms with Crippen LogP contribution in [0.15, 0.2) is 150 Å². The Labute approximate surface area is 300 Å². The predicted molar refractivity (Wildman–Crippen MR) is 204 cm³/mol. The number of carbonyl (C=O) groups excluding carboxylic acids is 1. The normalized spacial score (nSPS) is 16.8. The zero-order chi connectivity index (χ0) is 34.7. The summed E-state index contributed by atoms with van der Waals surface area (Å²) in [5, 5.41) is 7.06. The first kappa shape index (κ1) is 32.7. The Kier molecular flexibility index (Phi) is 8.97. The zero-order valence-corrected chi connectivity index (χ0v) is 29.1. The summed E-state index contributed by atoms with van der Waals surface area (Å²) in [6, 6.07) is 48.9. The van der Waals surface area contributed by atoms with E-state index in [1.165, 1.54) is 0 Å². The number of rotatable bonds is 11. The van der Waals surface area contributed by atoms with Gasteiger partial charge in [-0.2, -0.15) is 0 Å². The van der Waals surface area contributed by atoms with E-state index < -0.39 is 11.1 Å². The van der Waals surface area contributed by atoms with Crippen molar-refractivity contribution in [2.45, 2.75) is 69.5 Å². The maximum absolute atomic E-state index is 13.8. The van der Waals surface area contributed by atoms with Crippen LogP contribution in [0.2, 0.25) is 0 Å². The fourth-order valence-electron chi connectivity index (χ4n) is 8.18. The SMILES string of the molecule is CCCCC1=NC2(CCCC2)C(=O)N1Cc1ccc(-c2ccccc2C2=NNNN2C(c2ccccc2)(c2ccccc2)c2ccccc2)cc1.